The van der Waals surface area contributed by atoms with Crippen LogP contribution in [0.1, 0.15) is 11.1 Å². The molecule has 0 fully saturated rings. The molecule has 0 aliphatic heterocycles. The summed E-state index contributed by atoms with van der Waals surface area (Å²) in [5, 5.41) is 9.64. The maximum Gasteiger partial charge on any atom is 0.240 e. The van der Waals surface area contributed by atoms with Crippen LogP contribution in [0.2, 0.25) is 5.02 Å². The highest BCUT2D eigenvalue weighted by atomic mass is 35.5. The Balaban J connectivity index is 1.73. The van der Waals surface area contributed by atoms with E-state index in [9.17, 15) is 12.8 Å². The predicted molar refractivity (Wildman–Crippen MR) is 93.3 cm³/mol. The van der Waals surface area contributed by atoms with Crippen LogP contribution >= 0.6 is 11.6 Å². The average molecular weight is 378 g/mol. The van der Waals surface area contributed by atoms with Crippen molar-refractivity contribution in [3.63, 3.8) is 0 Å². The Hall–Kier alpha value is -2.40. The molecule has 3 rings (SSSR count). The number of hydrogen-bond acceptors (Lipinski definition) is 3. The molecule has 8 heteroatoms. The van der Waals surface area contributed by atoms with E-state index in [2.05, 4.69) is 9.71 Å². The summed E-state index contributed by atoms with van der Waals surface area (Å²) in [6.07, 6.45) is 2.13. The van der Waals surface area contributed by atoms with Crippen LogP contribution < -0.4 is 4.72 Å². The van der Waals surface area contributed by atoms with Gasteiger partial charge in [-0.25, -0.2) is 17.5 Å². The fourth-order valence-electron chi connectivity index (χ4n) is 2.51. The standard InChI is InChI=1S/C17H13ClFN3O2S/c18-16-8-14(3-1-11(16)9-20)25(23,24)22-6-5-12-10-21-17-4-2-13(19)7-15(12)17/h1-4,7-8,10,21-22H,5-6H2. The van der Waals surface area contributed by atoms with E-state index in [1.165, 1.54) is 30.3 Å². The second-order valence-electron chi connectivity index (χ2n) is 5.41. The Morgan fingerprint density at radius 2 is 2.04 bits per heavy atom. The number of H-pyrrole nitrogens is 1. The molecule has 0 unspecified atom stereocenters. The summed E-state index contributed by atoms with van der Waals surface area (Å²) >= 11 is 5.88. The van der Waals surface area contributed by atoms with E-state index in [0.717, 1.165) is 16.5 Å². The van der Waals surface area contributed by atoms with Crippen molar-refractivity contribution in [2.45, 2.75) is 11.3 Å². The van der Waals surface area contributed by atoms with Gasteiger partial charge in [0.2, 0.25) is 10.0 Å². The molecule has 3 aromatic rings. The number of aromatic amines is 1. The summed E-state index contributed by atoms with van der Waals surface area (Å²) in [7, 11) is -3.75. The SMILES string of the molecule is N#Cc1ccc(S(=O)(=O)NCCc2c[nH]c3ccc(F)cc23)cc1Cl. The van der Waals surface area contributed by atoms with Gasteiger partial charge in [0.05, 0.1) is 15.5 Å². The largest absolute Gasteiger partial charge is 0.361 e. The van der Waals surface area contributed by atoms with Gasteiger partial charge in [0.1, 0.15) is 11.9 Å². The summed E-state index contributed by atoms with van der Waals surface area (Å²) in [6.45, 7) is 0.142. The van der Waals surface area contributed by atoms with Crippen LogP contribution in [0.25, 0.3) is 10.9 Å². The molecule has 1 aromatic heterocycles. The van der Waals surface area contributed by atoms with E-state index in [-0.39, 0.29) is 27.8 Å². The van der Waals surface area contributed by atoms with Gasteiger partial charge in [-0.15, -0.1) is 0 Å². The van der Waals surface area contributed by atoms with Gasteiger partial charge in [0.25, 0.3) is 0 Å². The molecule has 0 aliphatic carbocycles. The molecule has 2 N–H and O–H groups in total. The number of fused-ring (bicyclic) bond motifs is 1. The third-order valence-corrected chi connectivity index (χ3v) is 5.56. The van der Waals surface area contributed by atoms with Crippen LogP contribution in [0.4, 0.5) is 4.39 Å². The fourth-order valence-corrected chi connectivity index (χ4v) is 3.86. The molecule has 0 amide bonds. The van der Waals surface area contributed by atoms with Gasteiger partial charge >= 0.3 is 0 Å². The molecule has 0 bridgehead atoms. The van der Waals surface area contributed by atoms with Crippen molar-refractivity contribution < 1.29 is 12.8 Å². The molecule has 128 valence electrons. The minimum absolute atomic E-state index is 0.0125. The number of halogens is 2. The van der Waals surface area contributed by atoms with Gasteiger partial charge in [-0.2, -0.15) is 5.26 Å². The van der Waals surface area contributed by atoms with E-state index >= 15 is 0 Å². The van der Waals surface area contributed by atoms with Crippen LogP contribution in [-0.2, 0) is 16.4 Å². The van der Waals surface area contributed by atoms with Crippen molar-refractivity contribution in [1.29, 1.82) is 5.26 Å². The van der Waals surface area contributed by atoms with Crippen molar-refractivity contribution in [2.75, 3.05) is 6.54 Å². The lowest BCUT2D eigenvalue weighted by molar-refractivity contribution is 0.581. The second kappa shape index (κ2) is 6.84. The number of nitrogens with zero attached hydrogens (tertiary/aromatic N) is 1. The first-order valence-corrected chi connectivity index (χ1v) is 9.21. The Kier molecular flexibility index (Phi) is 4.77. The van der Waals surface area contributed by atoms with Gasteiger partial charge in [0, 0.05) is 23.6 Å². The zero-order chi connectivity index (χ0) is 18.0. The van der Waals surface area contributed by atoms with Crippen LogP contribution in [0.3, 0.4) is 0 Å². The summed E-state index contributed by atoms with van der Waals surface area (Å²) in [4.78, 5) is 3.01. The fraction of sp³-hybridized carbons (Fsp3) is 0.118. The highest BCUT2D eigenvalue weighted by Gasteiger charge is 2.15. The monoisotopic (exact) mass is 377 g/mol. The molecule has 0 radical (unpaired) electrons. The Morgan fingerprint density at radius 1 is 1.24 bits per heavy atom. The molecule has 0 aliphatic rings. The highest BCUT2D eigenvalue weighted by molar-refractivity contribution is 7.89. The molecular weight excluding hydrogens is 365 g/mol. The first kappa shape index (κ1) is 17.4. The summed E-state index contributed by atoms with van der Waals surface area (Å²) < 4.78 is 40.5. The molecule has 0 spiro atoms. The topological polar surface area (TPSA) is 85.8 Å². The maximum absolute atomic E-state index is 13.4. The highest BCUT2D eigenvalue weighted by Crippen LogP contribution is 2.21. The third kappa shape index (κ3) is 3.66. The minimum atomic E-state index is -3.75. The zero-order valence-corrected chi connectivity index (χ0v) is 14.5. The van der Waals surface area contributed by atoms with Crippen molar-refractivity contribution in [3.8, 4) is 6.07 Å². The Labute approximate surface area is 149 Å². The normalized spacial score (nSPS) is 11.6. The molecule has 0 saturated heterocycles. The predicted octanol–water partition coefficient (Wildman–Crippen LogP) is 3.35. The lowest BCUT2D eigenvalue weighted by Crippen LogP contribution is -2.26. The first-order chi connectivity index (χ1) is 11.9. The van der Waals surface area contributed by atoms with Gasteiger partial charge in [0.15, 0.2) is 0 Å². The van der Waals surface area contributed by atoms with Crippen LogP contribution in [-0.4, -0.2) is 19.9 Å². The van der Waals surface area contributed by atoms with Crippen molar-refractivity contribution >= 4 is 32.5 Å². The molecule has 0 saturated carbocycles. The summed E-state index contributed by atoms with van der Waals surface area (Å²) in [5.74, 6) is -0.346. The van der Waals surface area contributed by atoms with E-state index in [1.807, 2.05) is 6.07 Å². The summed E-state index contributed by atoms with van der Waals surface area (Å²) in [5.41, 5.74) is 1.81. The molecule has 5 nitrogen and oxygen atoms in total. The molecule has 1 heterocycles. The Morgan fingerprint density at radius 3 is 2.76 bits per heavy atom. The number of benzene rings is 2. The van der Waals surface area contributed by atoms with E-state index in [1.54, 1.807) is 12.3 Å². The lowest BCUT2D eigenvalue weighted by Gasteiger charge is -2.07. The minimum Gasteiger partial charge on any atom is -0.361 e. The van der Waals surface area contributed by atoms with E-state index in [0.29, 0.717) is 6.42 Å². The van der Waals surface area contributed by atoms with Crippen LogP contribution in [0.5, 0.6) is 0 Å². The zero-order valence-electron chi connectivity index (χ0n) is 12.9. The average Bonchev–Trinajstić information content (AvgIpc) is 2.97. The molecule has 25 heavy (non-hydrogen) atoms. The molecule has 0 atom stereocenters. The molecule has 2 aromatic carbocycles. The molecular formula is C17H13ClFN3O2S. The van der Waals surface area contributed by atoms with Crippen molar-refractivity contribution in [2.24, 2.45) is 0 Å². The number of nitriles is 1. The third-order valence-electron chi connectivity index (χ3n) is 3.79. The van der Waals surface area contributed by atoms with Gasteiger partial charge in [-0.05, 0) is 48.4 Å². The van der Waals surface area contributed by atoms with Crippen molar-refractivity contribution in [1.82, 2.24) is 9.71 Å². The van der Waals surface area contributed by atoms with Crippen LogP contribution in [0, 0.1) is 17.1 Å². The van der Waals surface area contributed by atoms with E-state index < -0.39 is 10.0 Å². The van der Waals surface area contributed by atoms with Crippen LogP contribution in [0.15, 0.2) is 47.5 Å². The van der Waals surface area contributed by atoms with Gasteiger partial charge in [-0.3, -0.25) is 0 Å². The number of sulfonamides is 1. The number of nitrogens with one attached hydrogen (secondary N) is 2. The smallest absolute Gasteiger partial charge is 0.240 e. The van der Waals surface area contributed by atoms with Crippen molar-refractivity contribution in [3.05, 3.63) is 64.6 Å². The van der Waals surface area contributed by atoms with Gasteiger partial charge < -0.3 is 4.98 Å². The Bertz CT molecular complexity index is 1090. The number of hydrogen-bond donors (Lipinski definition) is 2. The second-order valence-corrected chi connectivity index (χ2v) is 7.58. The quantitative estimate of drug-likeness (QED) is 0.714. The lowest BCUT2D eigenvalue weighted by atomic mass is 10.1. The first-order valence-electron chi connectivity index (χ1n) is 7.35. The van der Waals surface area contributed by atoms with Gasteiger partial charge in [-0.1, -0.05) is 11.6 Å². The maximum atomic E-state index is 13.4. The number of aromatic nitrogens is 1. The van der Waals surface area contributed by atoms with E-state index in [4.69, 9.17) is 16.9 Å². The summed E-state index contributed by atoms with van der Waals surface area (Å²) in [6, 6.07) is 10.2. The number of rotatable bonds is 5.